The summed E-state index contributed by atoms with van der Waals surface area (Å²) in [5, 5.41) is 9.52. The Bertz CT molecular complexity index is 1220. The molecule has 0 radical (unpaired) electrons. The number of likely N-dealkylation sites (tertiary alicyclic amines) is 1. The van der Waals surface area contributed by atoms with Crippen molar-refractivity contribution >= 4 is 23.3 Å². The molecule has 7 nitrogen and oxygen atoms in total. The van der Waals surface area contributed by atoms with E-state index >= 15 is 0 Å². The highest BCUT2D eigenvalue weighted by atomic mass is 32.2. The third kappa shape index (κ3) is 3.95. The molecule has 31 heavy (non-hydrogen) atoms. The van der Waals surface area contributed by atoms with Gasteiger partial charge in [-0.1, -0.05) is 36.0 Å². The van der Waals surface area contributed by atoms with Crippen LogP contribution >= 0.6 is 11.8 Å². The van der Waals surface area contributed by atoms with Crippen LogP contribution in [0.2, 0.25) is 0 Å². The Kier molecular flexibility index (Phi) is 5.46. The molecule has 0 saturated carbocycles. The van der Waals surface area contributed by atoms with Crippen LogP contribution in [0.4, 0.5) is 0 Å². The number of carbonyl (C=O) groups is 1. The van der Waals surface area contributed by atoms with Crippen LogP contribution in [0.15, 0.2) is 66.2 Å². The van der Waals surface area contributed by atoms with E-state index in [9.17, 15) is 4.79 Å². The Morgan fingerprint density at radius 3 is 2.90 bits per heavy atom. The van der Waals surface area contributed by atoms with Crippen LogP contribution in [-0.4, -0.2) is 53.8 Å². The van der Waals surface area contributed by atoms with Crippen molar-refractivity contribution in [3.8, 4) is 5.69 Å². The number of aromatic nitrogens is 5. The van der Waals surface area contributed by atoms with Gasteiger partial charge in [0.15, 0.2) is 10.8 Å². The molecule has 1 aliphatic rings. The normalized spacial score (nSPS) is 16.7. The number of thioether (sulfide) groups is 1. The summed E-state index contributed by atoms with van der Waals surface area (Å²) in [5.41, 5.74) is 3.11. The van der Waals surface area contributed by atoms with Crippen LogP contribution in [0.3, 0.4) is 0 Å². The maximum absolute atomic E-state index is 13.0. The minimum atomic E-state index is 0.142. The summed E-state index contributed by atoms with van der Waals surface area (Å²) in [7, 11) is 0. The number of pyridine rings is 1. The molecule has 0 N–H and O–H groups in total. The molecule has 1 amide bonds. The number of fused-ring (bicyclic) bond motifs is 1. The first-order valence-corrected chi connectivity index (χ1v) is 11.5. The molecule has 1 atom stereocenters. The molecule has 0 bridgehead atoms. The fraction of sp³-hybridized carbons (Fsp3) is 0.304. The molecule has 1 saturated heterocycles. The first kappa shape index (κ1) is 19.8. The molecule has 4 aromatic rings. The van der Waals surface area contributed by atoms with Crippen molar-refractivity contribution in [2.75, 3.05) is 18.8 Å². The average Bonchev–Trinajstić information content (AvgIpc) is 3.45. The second-order valence-corrected chi connectivity index (χ2v) is 8.76. The standard InChI is InChI=1S/C23H24N6OS/c1-17-7-2-3-9-19(17)28-14-11-24-23(28)31-16-21(30)27-12-6-8-18(15-27)22-26-25-20-10-4-5-13-29(20)22/h2-5,7,9-11,13-14,18H,6,8,12,15-16H2,1H3. The molecule has 5 rings (SSSR count). The lowest BCUT2D eigenvalue weighted by Crippen LogP contribution is -2.40. The number of piperidine rings is 1. The number of nitrogens with zero attached hydrogens (tertiary/aromatic N) is 6. The highest BCUT2D eigenvalue weighted by molar-refractivity contribution is 7.99. The third-order valence-electron chi connectivity index (χ3n) is 5.79. The monoisotopic (exact) mass is 432 g/mol. The molecule has 8 heteroatoms. The fourth-order valence-corrected chi connectivity index (χ4v) is 5.05. The van der Waals surface area contributed by atoms with Gasteiger partial charge in [-0.25, -0.2) is 4.98 Å². The van der Waals surface area contributed by atoms with Gasteiger partial charge < -0.3 is 4.90 Å². The van der Waals surface area contributed by atoms with Crippen molar-refractivity contribution in [3.63, 3.8) is 0 Å². The zero-order valence-electron chi connectivity index (χ0n) is 17.4. The SMILES string of the molecule is Cc1ccccc1-n1ccnc1SCC(=O)N1CCCC(c2nnc3ccccn23)C1. The van der Waals surface area contributed by atoms with Gasteiger partial charge in [0, 0.05) is 37.6 Å². The van der Waals surface area contributed by atoms with E-state index in [0.29, 0.717) is 12.3 Å². The third-order valence-corrected chi connectivity index (χ3v) is 6.74. The lowest BCUT2D eigenvalue weighted by Gasteiger charge is -2.32. The molecule has 1 fully saturated rings. The largest absolute Gasteiger partial charge is 0.341 e. The zero-order chi connectivity index (χ0) is 21.2. The van der Waals surface area contributed by atoms with Crippen molar-refractivity contribution in [3.05, 3.63) is 72.4 Å². The number of imidazole rings is 1. The van der Waals surface area contributed by atoms with E-state index in [0.717, 1.165) is 41.7 Å². The zero-order valence-corrected chi connectivity index (χ0v) is 18.2. The van der Waals surface area contributed by atoms with E-state index in [-0.39, 0.29) is 11.8 Å². The van der Waals surface area contributed by atoms with E-state index in [1.165, 1.54) is 17.3 Å². The van der Waals surface area contributed by atoms with Gasteiger partial charge >= 0.3 is 0 Å². The predicted octanol–water partition coefficient (Wildman–Crippen LogP) is 3.72. The van der Waals surface area contributed by atoms with Gasteiger partial charge in [0.25, 0.3) is 0 Å². The number of carbonyl (C=O) groups excluding carboxylic acids is 1. The molecule has 1 aromatic carbocycles. The van der Waals surface area contributed by atoms with Gasteiger partial charge in [-0.05, 0) is 43.5 Å². The molecular weight excluding hydrogens is 408 g/mol. The first-order chi connectivity index (χ1) is 15.2. The molecule has 0 aliphatic carbocycles. The number of para-hydroxylation sites is 1. The van der Waals surface area contributed by atoms with Crippen LogP contribution in [-0.2, 0) is 4.79 Å². The second-order valence-electron chi connectivity index (χ2n) is 7.82. The lowest BCUT2D eigenvalue weighted by atomic mass is 9.97. The highest BCUT2D eigenvalue weighted by Crippen LogP contribution is 2.28. The molecule has 158 valence electrons. The maximum atomic E-state index is 13.0. The molecule has 1 aliphatic heterocycles. The summed E-state index contributed by atoms with van der Waals surface area (Å²) in [5.74, 6) is 1.66. The fourth-order valence-electron chi connectivity index (χ4n) is 4.18. The molecule has 1 unspecified atom stereocenters. The van der Waals surface area contributed by atoms with Gasteiger partial charge in [0.1, 0.15) is 5.82 Å². The van der Waals surface area contributed by atoms with Crippen molar-refractivity contribution in [1.82, 2.24) is 29.0 Å². The molecule has 4 heterocycles. The van der Waals surface area contributed by atoms with Crippen molar-refractivity contribution in [1.29, 1.82) is 0 Å². The topological polar surface area (TPSA) is 68.3 Å². The minimum absolute atomic E-state index is 0.142. The Hall–Kier alpha value is -3.13. The Balaban J connectivity index is 1.27. The summed E-state index contributed by atoms with van der Waals surface area (Å²) in [6, 6.07) is 14.1. The van der Waals surface area contributed by atoms with Gasteiger partial charge in [0.05, 0.1) is 11.4 Å². The van der Waals surface area contributed by atoms with E-state index < -0.39 is 0 Å². The molecule has 0 spiro atoms. The van der Waals surface area contributed by atoms with Gasteiger partial charge in [-0.15, -0.1) is 10.2 Å². The van der Waals surface area contributed by atoms with Gasteiger partial charge in [-0.2, -0.15) is 0 Å². The highest BCUT2D eigenvalue weighted by Gasteiger charge is 2.28. The summed E-state index contributed by atoms with van der Waals surface area (Å²) >= 11 is 1.49. The van der Waals surface area contributed by atoms with Crippen molar-refractivity contribution in [2.45, 2.75) is 30.8 Å². The quantitative estimate of drug-likeness (QED) is 0.450. The number of aryl methyl sites for hydroxylation is 1. The van der Waals surface area contributed by atoms with Crippen LogP contribution in [0.1, 0.15) is 30.1 Å². The van der Waals surface area contributed by atoms with Crippen molar-refractivity contribution in [2.24, 2.45) is 0 Å². The average molecular weight is 433 g/mol. The van der Waals surface area contributed by atoms with Crippen LogP contribution < -0.4 is 0 Å². The minimum Gasteiger partial charge on any atom is -0.341 e. The lowest BCUT2D eigenvalue weighted by molar-refractivity contribution is -0.129. The number of benzene rings is 1. The summed E-state index contributed by atoms with van der Waals surface area (Å²) < 4.78 is 4.08. The summed E-state index contributed by atoms with van der Waals surface area (Å²) in [6.45, 7) is 3.55. The van der Waals surface area contributed by atoms with E-state index in [1.54, 1.807) is 6.20 Å². The summed E-state index contributed by atoms with van der Waals surface area (Å²) in [6.07, 6.45) is 7.71. The van der Waals surface area contributed by atoms with E-state index in [2.05, 4.69) is 38.8 Å². The van der Waals surface area contributed by atoms with Gasteiger partial charge in [-0.3, -0.25) is 13.8 Å². The molecule has 3 aromatic heterocycles. The number of amides is 1. The van der Waals surface area contributed by atoms with Gasteiger partial charge in [0.2, 0.25) is 5.91 Å². The second kappa shape index (κ2) is 8.55. The Morgan fingerprint density at radius 1 is 1.13 bits per heavy atom. The van der Waals surface area contributed by atoms with E-state index in [4.69, 9.17) is 0 Å². The number of rotatable bonds is 5. The summed E-state index contributed by atoms with van der Waals surface area (Å²) in [4.78, 5) is 19.5. The van der Waals surface area contributed by atoms with Crippen LogP contribution in [0, 0.1) is 6.92 Å². The Morgan fingerprint density at radius 2 is 2.00 bits per heavy atom. The predicted molar refractivity (Wildman–Crippen MR) is 121 cm³/mol. The van der Waals surface area contributed by atoms with E-state index in [1.807, 2.05) is 52.0 Å². The number of hydrogen-bond donors (Lipinski definition) is 0. The Labute approximate surface area is 185 Å². The van der Waals surface area contributed by atoms with Crippen LogP contribution in [0.25, 0.3) is 11.3 Å². The molecular formula is C23H24N6OS. The first-order valence-electron chi connectivity index (χ1n) is 10.5. The van der Waals surface area contributed by atoms with Crippen molar-refractivity contribution < 1.29 is 4.79 Å². The smallest absolute Gasteiger partial charge is 0.233 e. The number of hydrogen-bond acceptors (Lipinski definition) is 5. The van der Waals surface area contributed by atoms with Crippen LogP contribution in [0.5, 0.6) is 0 Å². The maximum Gasteiger partial charge on any atom is 0.233 e.